The molecular weight excluding hydrogens is 217 g/mol. The average Bonchev–Trinajstić information content (AvgIpc) is 2.82. The van der Waals surface area contributed by atoms with E-state index in [1.54, 1.807) is 19.1 Å². The number of halogens is 1. The molecule has 1 fully saturated rings. The zero-order valence-electron chi connectivity index (χ0n) is 10.5. The molecule has 0 aromatic heterocycles. The van der Waals surface area contributed by atoms with E-state index < -0.39 is 0 Å². The first kappa shape index (κ1) is 12.5. The highest BCUT2D eigenvalue weighted by molar-refractivity contribution is 5.25. The van der Waals surface area contributed by atoms with Crippen molar-refractivity contribution in [2.24, 2.45) is 0 Å². The monoisotopic (exact) mass is 237 g/mol. The van der Waals surface area contributed by atoms with Crippen LogP contribution >= 0.6 is 0 Å². The minimum absolute atomic E-state index is 0.0192. The summed E-state index contributed by atoms with van der Waals surface area (Å²) in [5, 5.41) is 0. The minimum atomic E-state index is -0.156. The average molecular weight is 237 g/mol. The van der Waals surface area contributed by atoms with Gasteiger partial charge in [-0.05, 0) is 43.9 Å². The molecule has 0 spiro atoms. The minimum Gasteiger partial charge on any atom is -0.298 e. The Balaban J connectivity index is 1.89. The van der Waals surface area contributed by atoms with Crippen LogP contribution in [0.15, 0.2) is 18.2 Å². The Morgan fingerprint density at radius 3 is 2.71 bits per heavy atom. The quantitative estimate of drug-likeness (QED) is 0.807. The number of nitrogens with one attached hydrogen (secondary N) is 1. The van der Waals surface area contributed by atoms with E-state index in [4.69, 9.17) is 4.84 Å². The first-order valence-corrected chi connectivity index (χ1v) is 6.34. The summed E-state index contributed by atoms with van der Waals surface area (Å²) in [6, 6.07) is 5.34. The van der Waals surface area contributed by atoms with Crippen molar-refractivity contribution < 1.29 is 9.23 Å². The Bertz CT molecular complexity index is 374. The highest BCUT2D eigenvalue weighted by Gasteiger charge is 2.17. The smallest absolute Gasteiger partial charge is 0.126 e. The fraction of sp³-hybridized carbons (Fsp3) is 0.571. The summed E-state index contributed by atoms with van der Waals surface area (Å²) in [6.45, 7) is 3.76. The largest absolute Gasteiger partial charge is 0.298 e. The second-order valence-corrected chi connectivity index (χ2v) is 4.87. The highest BCUT2D eigenvalue weighted by atomic mass is 19.1. The Labute approximate surface area is 102 Å². The van der Waals surface area contributed by atoms with Crippen LogP contribution in [0, 0.1) is 12.7 Å². The summed E-state index contributed by atoms with van der Waals surface area (Å²) in [6.07, 6.45) is 5.08. The van der Waals surface area contributed by atoms with E-state index in [9.17, 15) is 4.39 Å². The van der Waals surface area contributed by atoms with Crippen LogP contribution < -0.4 is 5.48 Å². The van der Waals surface area contributed by atoms with E-state index in [2.05, 4.69) is 5.48 Å². The lowest BCUT2D eigenvalue weighted by molar-refractivity contribution is -0.0377. The molecule has 3 heteroatoms. The van der Waals surface area contributed by atoms with Crippen molar-refractivity contribution in [3.63, 3.8) is 0 Å². The number of hydrogen-bond donors (Lipinski definition) is 1. The van der Waals surface area contributed by atoms with Crippen LogP contribution in [-0.4, -0.2) is 6.10 Å². The number of benzene rings is 1. The maximum absolute atomic E-state index is 13.4. The van der Waals surface area contributed by atoms with Crippen molar-refractivity contribution in [2.45, 2.75) is 51.7 Å². The lowest BCUT2D eigenvalue weighted by Crippen LogP contribution is -2.24. The third-order valence-electron chi connectivity index (χ3n) is 3.41. The van der Waals surface area contributed by atoms with Crippen LogP contribution in [-0.2, 0) is 4.84 Å². The molecule has 2 rings (SSSR count). The van der Waals surface area contributed by atoms with E-state index in [1.165, 1.54) is 12.8 Å². The van der Waals surface area contributed by atoms with Gasteiger partial charge in [-0.1, -0.05) is 25.0 Å². The van der Waals surface area contributed by atoms with Crippen molar-refractivity contribution >= 4 is 0 Å². The van der Waals surface area contributed by atoms with Crippen LogP contribution in [0.5, 0.6) is 0 Å². The topological polar surface area (TPSA) is 21.3 Å². The van der Waals surface area contributed by atoms with Gasteiger partial charge in [0, 0.05) is 0 Å². The van der Waals surface area contributed by atoms with Gasteiger partial charge in [0.25, 0.3) is 0 Å². The van der Waals surface area contributed by atoms with Crippen LogP contribution in [0.25, 0.3) is 0 Å². The molecule has 0 saturated heterocycles. The zero-order chi connectivity index (χ0) is 12.3. The molecule has 0 bridgehead atoms. The molecule has 94 valence electrons. The molecule has 1 aliphatic rings. The second-order valence-electron chi connectivity index (χ2n) is 4.87. The number of hydroxylamine groups is 1. The summed E-state index contributed by atoms with van der Waals surface area (Å²) in [7, 11) is 0. The standard InChI is InChI=1S/C14H20FNO/c1-10-7-8-12(9-14(10)15)11(2)16-17-13-5-3-4-6-13/h7-9,11,13,16H,3-6H2,1-2H3. The fourth-order valence-electron chi connectivity index (χ4n) is 2.15. The third-order valence-corrected chi connectivity index (χ3v) is 3.41. The number of rotatable bonds is 4. The Morgan fingerprint density at radius 1 is 1.35 bits per heavy atom. The maximum atomic E-state index is 13.4. The van der Waals surface area contributed by atoms with E-state index in [-0.39, 0.29) is 11.9 Å². The predicted molar refractivity (Wildman–Crippen MR) is 66.0 cm³/mol. The molecule has 1 N–H and O–H groups in total. The van der Waals surface area contributed by atoms with Gasteiger partial charge >= 0.3 is 0 Å². The van der Waals surface area contributed by atoms with Gasteiger partial charge in [0.1, 0.15) is 5.82 Å². The predicted octanol–water partition coefficient (Wildman–Crippen LogP) is 3.66. The second kappa shape index (κ2) is 5.61. The summed E-state index contributed by atoms with van der Waals surface area (Å²) >= 11 is 0. The number of hydrogen-bond acceptors (Lipinski definition) is 2. The molecule has 2 nitrogen and oxygen atoms in total. The van der Waals surface area contributed by atoms with E-state index in [0.717, 1.165) is 18.4 Å². The molecule has 17 heavy (non-hydrogen) atoms. The summed E-state index contributed by atoms with van der Waals surface area (Å²) in [5.74, 6) is -0.156. The molecule has 0 aliphatic heterocycles. The van der Waals surface area contributed by atoms with E-state index in [1.807, 2.05) is 13.0 Å². The molecule has 1 aliphatic carbocycles. The van der Waals surface area contributed by atoms with E-state index in [0.29, 0.717) is 11.7 Å². The van der Waals surface area contributed by atoms with Crippen LogP contribution in [0.2, 0.25) is 0 Å². The third kappa shape index (κ3) is 3.27. The summed E-state index contributed by atoms with van der Waals surface area (Å²) in [4.78, 5) is 5.62. The van der Waals surface area contributed by atoms with Crippen molar-refractivity contribution in [1.29, 1.82) is 0 Å². The van der Waals surface area contributed by atoms with Gasteiger partial charge < -0.3 is 0 Å². The van der Waals surface area contributed by atoms with Gasteiger partial charge in [-0.25, -0.2) is 4.39 Å². The van der Waals surface area contributed by atoms with Gasteiger partial charge in [0.2, 0.25) is 0 Å². The fourth-order valence-corrected chi connectivity index (χ4v) is 2.15. The zero-order valence-corrected chi connectivity index (χ0v) is 10.5. The Morgan fingerprint density at radius 2 is 2.06 bits per heavy atom. The van der Waals surface area contributed by atoms with Crippen LogP contribution in [0.3, 0.4) is 0 Å². The summed E-state index contributed by atoms with van der Waals surface area (Å²) in [5.41, 5.74) is 4.62. The van der Waals surface area contributed by atoms with Gasteiger partial charge in [-0.3, -0.25) is 4.84 Å². The van der Waals surface area contributed by atoms with Gasteiger partial charge in [0.05, 0.1) is 12.1 Å². The van der Waals surface area contributed by atoms with Gasteiger partial charge in [0.15, 0.2) is 0 Å². The SMILES string of the molecule is Cc1ccc(C(C)NOC2CCCC2)cc1F. The molecule has 1 aromatic rings. The van der Waals surface area contributed by atoms with Gasteiger partial charge in [-0.2, -0.15) is 5.48 Å². The molecule has 0 radical (unpaired) electrons. The Hall–Kier alpha value is -0.930. The van der Waals surface area contributed by atoms with Gasteiger partial charge in [-0.15, -0.1) is 0 Å². The normalized spacial score (nSPS) is 18.5. The lowest BCUT2D eigenvalue weighted by Gasteiger charge is -2.18. The van der Waals surface area contributed by atoms with Crippen molar-refractivity contribution in [2.75, 3.05) is 0 Å². The van der Waals surface area contributed by atoms with Crippen LogP contribution in [0.1, 0.15) is 49.8 Å². The Kier molecular flexibility index (Phi) is 4.13. The van der Waals surface area contributed by atoms with Crippen molar-refractivity contribution in [1.82, 2.24) is 5.48 Å². The molecular formula is C14H20FNO. The molecule has 0 heterocycles. The number of aryl methyl sites for hydroxylation is 1. The highest BCUT2D eigenvalue weighted by Crippen LogP contribution is 2.22. The molecule has 1 saturated carbocycles. The first-order valence-electron chi connectivity index (χ1n) is 6.34. The van der Waals surface area contributed by atoms with E-state index >= 15 is 0 Å². The summed E-state index contributed by atoms with van der Waals surface area (Å²) < 4.78 is 13.4. The molecule has 1 atom stereocenters. The van der Waals surface area contributed by atoms with Crippen molar-refractivity contribution in [3.05, 3.63) is 35.1 Å². The van der Waals surface area contributed by atoms with Crippen LogP contribution in [0.4, 0.5) is 4.39 Å². The van der Waals surface area contributed by atoms with Crippen molar-refractivity contribution in [3.8, 4) is 0 Å². The molecule has 0 amide bonds. The molecule has 1 aromatic carbocycles. The maximum Gasteiger partial charge on any atom is 0.126 e. The molecule has 1 unspecified atom stereocenters. The lowest BCUT2D eigenvalue weighted by atomic mass is 10.1. The first-order chi connectivity index (χ1) is 8.16.